The molecule has 0 aliphatic carbocycles. The Morgan fingerprint density at radius 1 is 1.07 bits per heavy atom. The molecule has 0 bridgehead atoms. The minimum Gasteiger partial charge on any atom is -0.480 e. The molecule has 0 radical (unpaired) electrons. The van der Waals surface area contributed by atoms with E-state index in [0.29, 0.717) is 38.5 Å². The van der Waals surface area contributed by atoms with Gasteiger partial charge in [0.25, 0.3) is 5.91 Å². The number of nitrogens with one attached hydrogen (secondary N) is 1. The van der Waals surface area contributed by atoms with Crippen LogP contribution in [0.1, 0.15) is 83.6 Å². The number of carboxylic acid groups (broad SMARTS) is 1. The Balaban J connectivity index is 2.08. The number of likely N-dealkylation sites (tertiary alicyclic amines) is 1. The number of aliphatic carboxylic acids is 1. The van der Waals surface area contributed by atoms with Crippen LogP contribution in [0.4, 0.5) is 4.79 Å². The van der Waals surface area contributed by atoms with Crippen molar-refractivity contribution >= 4 is 31.5 Å². The second kappa shape index (κ2) is 18.6. The Bertz CT molecular complexity index is 1050. The van der Waals surface area contributed by atoms with Gasteiger partial charge in [-0.15, -0.1) is 0 Å². The second-order valence-corrected chi connectivity index (χ2v) is 12.4. The quantitative estimate of drug-likeness (QED) is 0.120. The fourth-order valence-corrected chi connectivity index (χ4v) is 6.35. The first-order chi connectivity index (χ1) is 20.1. The van der Waals surface area contributed by atoms with Crippen molar-refractivity contribution in [2.75, 3.05) is 20.2 Å². The highest BCUT2D eigenvalue weighted by atomic mass is 31.2. The molecule has 1 saturated heterocycles. The molecule has 1 aliphatic rings. The van der Waals surface area contributed by atoms with Crippen LogP contribution in [0.2, 0.25) is 0 Å². The Hall–Kier alpha value is -2.95. The second-order valence-electron chi connectivity index (χ2n) is 10.2. The summed E-state index contributed by atoms with van der Waals surface area (Å²) in [7, 11) is -2.97. The first-order valence-electron chi connectivity index (χ1n) is 14.7. The van der Waals surface area contributed by atoms with E-state index in [1.165, 1.54) is 12.0 Å². The molecule has 1 aromatic carbocycles. The summed E-state index contributed by atoms with van der Waals surface area (Å²) in [5, 5.41) is 12.3. The number of alkyl carbamates (subject to hydrolysis) is 1. The van der Waals surface area contributed by atoms with E-state index in [-0.39, 0.29) is 39.0 Å². The van der Waals surface area contributed by atoms with E-state index in [0.717, 1.165) is 12.0 Å². The molecule has 0 aromatic heterocycles. The standard InChI is InChI=1S/C29H45N2O10P/c1-4-6-18-26(40-25(32)13-5-2)42(37,38-3)41-24(27(33)31-20-12-16-23(31)28(34)35)17-10-11-19-30-29(36)39-21-22-14-8-7-9-15-22/h7-9,14-15,23-24,26H,4-6,10-13,16-21H2,1-3H3,(H,30,36)(H,34,35)/t23-,24-,26?,42?/m0/s1. The van der Waals surface area contributed by atoms with Crippen LogP contribution < -0.4 is 5.32 Å². The van der Waals surface area contributed by atoms with Crippen molar-refractivity contribution in [2.24, 2.45) is 0 Å². The molecule has 1 aromatic rings. The molecule has 1 aliphatic heterocycles. The predicted molar refractivity (Wildman–Crippen MR) is 155 cm³/mol. The van der Waals surface area contributed by atoms with Gasteiger partial charge in [0.2, 0.25) is 5.85 Å². The lowest BCUT2D eigenvalue weighted by Crippen LogP contribution is -2.46. The van der Waals surface area contributed by atoms with Crippen molar-refractivity contribution in [3.8, 4) is 0 Å². The third-order valence-electron chi connectivity index (χ3n) is 6.88. The summed E-state index contributed by atoms with van der Waals surface area (Å²) in [4.78, 5) is 50.9. The van der Waals surface area contributed by atoms with Crippen molar-refractivity contribution in [3.05, 3.63) is 35.9 Å². The van der Waals surface area contributed by atoms with E-state index in [4.69, 9.17) is 18.5 Å². The maximum absolute atomic E-state index is 14.0. The summed E-state index contributed by atoms with van der Waals surface area (Å²) in [6.45, 7) is 4.36. The highest BCUT2D eigenvalue weighted by Gasteiger charge is 2.44. The lowest BCUT2D eigenvalue weighted by Gasteiger charge is -2.31. The maximum Gasteiger partial charge on any atom is 0.407 e. The number of carboxylic acids is 1. The molecule has 0 saturated carbocycles. The third-order valence-corrected chi connectivity index (χ3v) is 9.01. The van der Waals surface area contributed by atoms with E-state index in [2.05, 4.69) is 5.32 Å². The highest BCUT2D eigenvalue weighted by molar-refractivity contribution is 7.54. The van der Waals surface area contributed by atoms with Gasteiger partial charge in [0.05, 0.1) is 0 Å². The van der Waals surface area contributed by atoms with Gasteiger partial charge in [0, 0.05) is 26.6 Å². The number of carbonyl (C=O) groups excluding carboxylic acids is 3. The number of hydrogen-bond acceptors (Lipinski definition) is 9. The van der Waals surface area contributed by atoms with Crippen LogP contribution in [0.15, 0.2) is 30.3 Å². The fourth-order valence-electron chi connectivity index (χ4n) is 4.59. The molecular weight excluding hydrogens is 567 g/mol. The zero-order valence-electron chi connectivity index (χ0n) is 24.8. The van der Waals surface area contributed by atoms with Gasteiger partial charge in [-0.2, -0.15) is 0 Å². The van der Waals surface area contributed by atoms with Gasteiger partial charge in [-0.25, -0.2) is 9.59 Å². The number of ether oxygens (including phenoxy) is 2. The van der Waals surface area contributed by atoms with Crippen LogP contribution in [-0.2, 0) is 44.1 Å². The van der Waals surface area contributed by atoms with Gasteiger partial charge in [-0.1, -0.05) is 50.6 Å². The third kappa shape index (κ3) is 11.4. The van der Waals surface area contributed by atoms with E-state index in [1.807, 2.05) is 44.2 Å². The topological polar surface area (TPSA) is 158 Å². The number of amides is 2. The first kappa shape index (κ1) is 35.2. The smallest absolute Gasteiger partial charge is 0.407 e. The molecule has 4 atom stereocenters. The fraction of sp³-hybridized carbons (Fsp3) is 0.655. The molecule has 1 fully saturated rings. The average Bonchev–Trinajstić information content (AvgIpc) is 3.48. The number of unbranched alkanes of at least 4 members (excludes halogenated alkanes) is 2. The first-order valence-corrected chi connectivity index (χ1v) is 16.3. The monoisotopic (exact) mass is 612 g/mol. The number of benzene rings is 1. The van der Waals surface area contributed by atoms with Crippen molar-refractivity contribution in [1.82, 2.24) is 10.2 Å². The summed E-state index contributed by atoms with van der Waals surface area (Å²) in [6, 6.07) is 8.24. The average molecular weight is 613 g/mol. The van der Waals surface area contributed by atoms with Gasteiger partial charge in [0.1, 0.15) is 18.8 Å². The molecule has 12 nitrogen and oxygen atoms in total. The molecule has 13 heteroatoms. The molecule has 2 N–H and O–H groups in total. The Kier molecular flexibility index (Phi) is 15.6. The van der Waals surface area contributed by atoms with Gasteiger partial charge in [0.15, 0.2) is 0 Å². The van der Waals surface area contributed by atoms with Crippen molar-refractivity contribution in [2.45, 2.75) is 103 Å². The van der Waals surface area contributed by atoms with Crippen LogP contribution >= 0.6 is 7.60 Å². The molecule has 1 heterocycles. The summed E-state index contributed by atoms with van der Waals surface area (Å²) in [6.07, 6.45) is 2.04. The van der Waals surface area contributed by atoms with Crippen molar-refractivity contribution in [3.63, 3.8) is 0 Å². The van der Waals surface area contributed by atoms with E-state index < -0.39 is 49.5 Å². The number of hydrogen-bond donors (Lipinski definition) is 2. The zero-order chi connectivity index (χ0) is 31.0. The summed E-state index contributed by atoms with van der Waals surface area (Å²) >= 11 is 0. The Morgan fingerprint density at radius 2 is 1.81 bits per heavy atom. The molecule has 236 valence electrons. The summed E-state index contributed by atoms with van der Waals surface area (Å²) < 4.78 is 35.9. The molecule has 42 heavy (non-hydrogen) atoms. The molecular formula is C29H45N2O10P. The van der Waals surface area contributed by atoms with E-state index in [1.54, 1.807) is 0 Å². The minimum absolute atomic E-state index is 0.0825. The van der Waals surface area contributed by atoms with E-state index in [9.17, 15) is 28.8 Å². The number of rotatable bonds is 19. The van der Waals surface area contributed by atoms with Crippen LogP contribution in [0.5, 0.6) is 0 Å². The summed E-state index contributed by atoms with van der Waals surface area (Å²) in [5.41, 5.74) is 0.855. The molecule has 0 spiro atoms. The SMILES string of the molecule is CCCCC(OC(=O)CCC)P(=O)(OC)O[C@@H](CCCCNC(=O)OCc1ccccc1)C(=O)N1CCC[C@H]1C(=O)O. The van der Waals surface area contributed by atoms with Crippen LogP contribution in [0, 0.1) is 0 Å². The van der Waals surface area contributed by atoms with Crippen LogP contribution in [0.25, 0.3) is 0 Å². The lowest BCUT2D eigenvalue weighted by atomic mass is 10.1. The normalized spacial score (nSPS) is 17.6. The number of esters is 1. The highest BCUT2D eigenvalue weighted by Crippen LogP contribution is 2.56. The number of carbonyl (C=O) groups is 4. The lowest BCUT2D eigenvalue weighted by molar-refractivity contribution is -0.152. The van der Waals surface area contributed by atoms with Crippen LogP contribution in [0.3, 0.4) is 0 Å². The van der Waals surface area contributed by atoms with Crippen LogP contribution in [-0.4, -0.2) is 72.1 Å². The Labute approximate surface area is 247 Å². The minimum atomic E-state index is -4.15. The predicted octanol–water partition coefficient (Wildman–Crippen LogP) is 5.24. The number of nitrogens with zero attached hydrogens (tertiary/aromatic N) is 1. The zero-order valence-corrected chi connectivity index (χ0v) is 25.7. The maximum atomic E-state index is 14.0. The molecule has 2 amide bonds. The molecule has 2 unspecified atom stereocenters. The van der Waals surface area contributed by atoms with Gasteiger partial charge >= 0.3 is 25.6 Å². The van der Waals surface area contributed by atoms with Gasteiger partial charge < -0.3 is 29.3 Å². The van der Waals surface area contributed by atoms with Gasteiger partial charge in [-0.05, 0) is 56.9 Å². The van der Waals surface area contributed by atoms with E-state index >= 15 is 0 Å². The van der Waals surface area contributed by atoms with Crippen molar-refractivity contribution in [1.29, 1.82) is 0 Å². The summed E-state index contributed by atoms with van der Waals surface area (Å²) in [5.74, 6) is -3.48. The molecule has 2 rings (SSSR count). The van der Waals surface area contributed by atoms with Gasteiger partial charge in [-0.3, -0.25) is 18.7 Å². The van der Waals surface area contributed by atoms with Crippen molar-refractivity contribution < 1.29 is 47.4 Å². The Morgan fingerprint density at radius 3 is 2.45 bits per heavy atom. The largest absolute Gasteiger partial charge is 0.480 e.